The average molecular weight is 336 g/mol. The molecular weight excluding hydrogens is 318 g/mol. The molecule has 0 bridgehead atoms. The summed E-state index contributed by atoms with van der Waals surface area (Å²) in [7, 11) is 2.14. The third kappa shape index (κ3) is 3.74. The summed E-state index contributed by atoms with van der Waals surface area (Å²) in [5.74, 6) is -0.199. The first kappa shape index (κ1) is 15.6. The zero-order chi connectivity index (χ0) is 16.4. The van der Waals surface area contributed by atoms with Gasteiger partial charge >= 0.3 is 5.69 Å². The molecule has 0 radical (unpaired) electrons. The highest BCUT2D eigenvalue weighted by Crippen LogP contribution is 2.24. The summed E-state index contributed by atoms with van der Waals surface area (Å²) in [5.41, 5.74) is 0.116. The van der Waals surface area contributed by atoms with E-state index in [9.17, 15) is 14.4 Å². The molecule has 1 unspecified atom stereocenters. The van der Waals surface area contributed by atoms with Crippen LogP contribution in [0.5, 0.6) is 0 Å². The summed E-state index contributed by atoms with van der Waals surface area (Å²) in [4.78, 5) is 43.8. The molecular formula is C14H18N5O3S+. The van der Waals surface area contributed by atoms with E-state index in [2.05, 4.69) is 22.3 Å². The molecule has 2 aromatic rings. The van der Waals surface area contributed by atoms with Gasteiger partial charge in [-0.1, -0.05) is 11.3 Å². The third-order valence-electron chi connectivity index (χ3n) is 3.75. The first-order chi connectivity index (χ1) is 11.0. The SMILES string of the molecule is C[NH+]1CCc2nc(NC(=O)CCn3ccc(=O)[nH]c3=O)sc2C1. The van der Waals surface area contributed by atoms with E-state index in [1.807, 2.05) is 0 Å². The molecule has 0 saturated carbocycles. The molecule has 0 saturated heterocycles. The van der Waals surface area contributed by atoms with E-state index in [-0.39, 0.29) is 18.9 Å². The Bertz CT molecular complexity index is 837. The number of aromatic nitrogens is 3. The van der Waals surface area contributed by atoms with Crippen LogP contribution in [0.4, 0.5) is 5.13 Å². The maximum atomic E-state index is 12.0. The number of nitrogens with one attached hydrogen (secondary N) is 3. The Kier molecular flexibility index (Phi) is 4.39. The highest BCUT2D eigenvalue weighted by atomic mass is 32.1. The van der Waals surface area contributed by atoms with Crippen molar-refractivity contribution in [3.8, 4) is 0 Å². The number of nitrogens with zero attached hydrogens (tertiary/aromatic N) is 2. The quantitative estimate of drug-likeness (QED) is 0.639. The molecule has 1 aliphatic rings. The van der Waals surface area contributed by atoms with E-state index < -0.39 is 11.2 Å². The van der Waals surface area contributed by atoms with Crippen LogP contribution in [0.1, 0.15) is 17.0 Å². The molecule has 3 rings (SSSR count). The van der Waals surface area contributed by atoms with Crippen LogP contribution in [0, 0.1) is 0 Å². The number of fused-ring (bicyclic) bond motifs is 1. The van der Waals surface area contributed by atoms with Gasteiger partial charge in [0.05, 0.1) is 24.2 Å². The highest BCUT2D eigenvalue weighted by Gasteiger charge is 2.21. The van der Waals surface area contributed by atoms with E-state index in [0.29, 0.717) is 5.13 Å². The number of aromatic amines is 1. The molecule has 0 fully saturated rings. The first-order valence-corrected chi connectivity index (χ1v) is 8.22. The molecule has 1 aliphatic heterocycles. The summed E-state index contributed by atoms with van der Waals surface area (Å²) >= 11 is 1.51. The number of carbonyl (C=O) groups excluding carboxylic acids is 1. The Morgan fingerprint density at radius 3 is 3.13 bits per heavy atom. The lowest BCUT2D eigenvalue weighted by atomic mass is 10.2. The van der Waals surface area contributed by atoms with Gasteiger partial charge < -0.3 is 14.8 Å². The van der Waals surface area contributed by atoms with Crippen LogP contribution in [-0.2, 0) is 24.3 Å². The summed E-state index contributed by atoms with van der Waals surface area (Å²) in [6.07, 6.45) is 2.46. The van der Waals surface area contributed by atoms with Crippen molar-refractivity contribution in [2.45, 2.75) is 25.9 Å². The Labute approximate surface area is 135 Å². The lowest BCUT2D eigenvalue weighted by Crippen LogP contribution is -3.08. The number of aryl methyl sites for hydroxylation is 1. The van der Waals surface area contributed by atoms with E-state index in [1.54, 1.807) is 0 Å². The summed E-state index contributed by atoms with van der Waals surface area (Å²) in [6.45, 7) is 2.20. The molecule has 23 heavy (non-hydrogen) atoms. The molecule has 0 spiro atoms. The van der Waals surface area contributed by atoms with Crippen LogP contribution >= 0.6 is 11.3 Å². The number of hydrogen-bond donors (Lipinski definition) is 3. The van der Waals surface area contributed by atoms with Crippen LogP contribution in [0.25, 0.3) is 0 Å². The zero-order valence-electron chi connectivity index (χ0n) is 12.7. The minimum atomic E-state index is -0.513. The Balaban J connectivity index is 1.59. The predicted molar refractivity (Wildman–Crippen MR) is 85.8 cm³/mol. The number of thiazole rings is 1. The molecule has 9 heteroatoms. The van der Waals surface area contributed by atoms with Crippen LogP contribution in [0.15, 0.2) is 21.9 Å². The zero-order valence-corrected chi connectivity index (χ0v) is 13.5. The molecule has 1 atom stereocenters. The van der Waals surface area contributed by atoms with Gasteiger partial charge in [-0.15, -0.1) is 0 Å². The van der Waals surface area contributed by atoms with Gasteiger partial charge in [-0.3, -0.25) is 14.6 Å². The minimum absolute atomic E-state index is 0.140. The predicted octanol–water partition coefficient (Wildman–Crippen LogP) is -1.41. The topological polar surface area (TPSA) is 101 Å². The van der Waals surface area contributed by atoms with E-state index in [0.717, 1.165) is 25.2 Å². The van der Waals surface area contributed by atoms with Crippen molar-refractivity contribution >= 4 is 22.4 Å². The van der Waals surface area contributed by atoms with E-state index >= 15 is 0 Å². The number of rotatable bonds is 4. The molecule has 0 aromatic carbocycles. The van der Waals surface area contributed by atoms with Crippen molar-refractivity contribution in [2.24, 2.45) is 0 Å². The fourth-order valence-corrected chi connectivity index (χ4v) is 3.63. The van der Waals surface area contributed by atoms with Gasteiger partial charge in [0.15, 0.2) is 5.13 Å². The van der Waals surface area contributed by atoms with Gasteiger partial charge in [0, 0.05) is 31.6 Å². The van der Waals surface area contributed by atoms with Crippen molar-refractivity contribution in [3.05, 3.63) is 43.7 Å². The van der Waals surface area contributed by atoms with E-state index in [4.69, 9.17) is 0 Å². The Hall–Kier alpha value is -2.26. The number of anilines is 1. The van der Waals surface area contributed by atoms with Gasteiger partial charge in [0.2, 0.25) is 5.91 Å². The average Bonchev–Trinajstić information content (AvgIpc) is 2.87. The van der Waals surface area contributed by atoms with Crippen LogP contribution in [-0.4, -0.2) is 34.0 Å². The third-order valence-corrected chi connectivity index (χ3v) is 4.77. The largest absolute Gasteiger partial charge is 0.333 e. The lowest BCUT2D eigenvalue weighted by molar-refractivity contribution is -0.895. The molecule has 8 nitrogen and oxygen atoms in total. The number of quaternary nitrogens is 1. The number of H-pyrrole nitrogens is 1. The number of amides is 1. The first-order valence-electron chi connectivity index (χ1n) is 7.41. The number of hydrogen-bond acceptors (Lipinski definition) is 5. The van der Waals surface area contributed by atoms with Gasteiger partial charge in [-0.2, -0.15) is 0 Å². The van der Waals surface area contributed by atoms with Gasteiger partial charge in [0.25, 0.3) is 5.56 Å². The number of likely N-dealkylation sites (N-methyl/N-ethyl adjacent to an activating group) is 1. The van der Waals surface area contributed by atoms with Crippen molar-refractivity contribution in [1.82, 2.24) is 14.5 Å². The molecule has 3 heterocycles. The molecule has 3 N–H and O–H groups in total. The van der Waals surface area contributed by atoms with Gasteiger partial charge in [0.1, 0.15) is 6.54 Å². The fourth-order valence-electron chi connectivity index (χ4n) is 2.49. The van der Waals surface area contributed by atoms with Crippen LogP contribution in [0.2, 0.25) is 0 Å². The second kappa shape index (κ2) is 6.47. The fraction of sp³-hybridized carbons (Fsp3) is 0.429. The highest BCUT2D eigenvalue weighted by molar-refractivity contribution is 7.15. The van der Waals surface area contributed by atoms with Crippen LogP contribution in [0.3, 0.4) is 0 Å². The summed E-state index contributed by atoms with van der Waals surface area (Å²) in [5, 5.41) is 3.40. The van der Waals surface area contributed by atoms with Crippen molar-refractivity contribution in [2.75, 3.05) is 18.9 Å². The maximum absolute atomic E-state index is 12.0. The van der Waals surface area contributed by atoms with Crippen molar-refractivity contribution in [3.63, 3.8) is 0 Å². The van der Waals surface area contributed by atoms with Crippen molar-refractivity contribution in [1.29, 1.82) is 0 Å². The Morgan fingerprint density at radius 2 is 2.35 bits per heavy atom. The summed E-state index contributed by atoms with van der Waals surface area (Å²) in [6, 6.07) is 1.26. The molecule has 2 aromatic heterocycles. The van der Waals surface area contributed by atoms with Crippen molar-refractivity contribution < 1.29 is 9.69 Å². The second-order valence-corrected chi connectivity index (χ2v) is 6.71. The smallest absolute Gasteiger partial charge is 0.328 e. The lowest BCUT2D eigenvalue weighted by Gasteiger charge is -2.17. The van der Waals surface area contributed by atoms with E-state index in [1.165, 1.54) is 37.9 Å². The standard InChI is InChI=1S/C14H17N5O3S/c1-18-5-2-9-10(8-18)23-13(15-9)16-11(20)3-6-19-7-4-12(21)17-14(19)22/h4,7H,2-3,5-6,8H2,1H3,(H,15,16,20)(H,17,21,22)/p+1. The summed E-state index contributed by atoms with van der Waals surface area (Å²) < 4.78 is 1.30. The maximum Gasteiger partial charge on any atom is 0.328 e. The minimum Gasteiger partial charge on any atom is -0.333 e. The molecule has 1 amide bonds. The molecule has 122 valence electrons. The van der Waals surface area contributed by atoms with Crippen LogP contribution < -0.4 is 21.5 Å². The normalized spacial score (nSPS) is 16.8. The monoisotopic (exact) mass is 336 g/mol. The Morgan fingerprint density at radius 1 is 1.52 bits per heavy atom. The number of carbonyl (C=O) groups is 1. The second-order valence-electron chi connectivity index (χ2n) is 5.62. The van der Waals surface area contributed by atoms with Gasteiger partial charge in [-0.05, 0) is 0 Å². The van der Waals surface area contributed by atoms with Gasteiger partial charge in [-0.25, -0.2) is 9.78 Å². The molecule has 0 aliphatic carbocycles.